The Kier molecular flexibility index (Phi) is 3.65. The van der Waals surface area contributed by atoms with Crippen LogP contribution in [0.4, 0.5) is 5.69 Å². The number of hydrogen-bond donors (Lipinski definition) is 3. The monoisotopic (exact) mass is 334 g/mol. The van der Waals surface area contributed by atoms with Crippen LogP contribution in [0.3, 0.4) is 0 Å². The second kappa shape index (κ2) is 5.28. The number of aliphatic hydroxyl groups is 1. The van der Waals surface area contributed by atoms with Gasteiger partial charge < -0.3 is 20.8 Å². The fourth-order valence-electron chi connectivity index (χ4n) is 3.24. The smallest absolute Gasteiger partial charge is 0.353 e. The largest absolute Gasteiger partial charge is 0.477 e. The van der Waals surface area contributed by atoms with Crippen molar-refractivity contribution in [2.45, 2.75) is 36.8 Å². The summed E-state index contributed by atoms with van der Waals surface area (Å²) < 4.78 is 0. The zero-order valence-corrected chi connectivity index (χ0v) is 13.6. The Morgan fingerprint density at radius 3 is 2.61 bits per heavy atom. The van der Waals surface area contributed by atoms with Gasteiger partial charge in [-0.25, -0.2) is 4.79 Å². The first-order valence-corrected chi connectivity index (χ1v) is 8.07. The van der Waals surface area contributed by atoms with Crippen LogP contribution in [0.25, 0.3) is 0 Å². The Bertz CT molecular complexity index is 723. The molecule has 1 amide bonds. The van der Waals surface area contributed by atoms with Crippen LogP contribution in [0, 0.1) is 5.92 Å². The number of hydrogen-bond acceptors (Lipinski definition) is 5. The van der Waals surface area contributed by atoms with Crippen molar-refractivity contribution in [1.82, 2.24) is 4.90 Å². The fourth-order valence-corrected chi connectivity index (χ4v) is 4.38. The van der Waals surface area contributed by atoms with E-state index in [1.807, 2.05) is 18.2 Å². The van der Waals surface area contributed by atoms with Crippen LogP contribution in [0.5, 0.6) is 0 Å². The van der Waals surface area contributed by atoms with Gasteiger partial charge in [-0.05, 0) is 26.0 Å². The number of aliphatic carboxylic acids is 1. The molecule has 2 atom stereocenters. The molecule has 1 aromatic carbocycles. The summed E-state index contributed by atoms with van der Waals surface area (Å²) in [6.45, 7) is 3.15. The Labute approximate surface area is 138 Å². The number of nitrogens with two attached hydrogens (primary N) is 1. The van der Waals surface area contributed by atoms with Gasteiger partial charge >= 0.3 is 5.97 Å². The van der Waals surface area contributed by atoms with E-state index in [0.717, 1.165) is 4.90 Å². The van der Waals surface area contributed by atoms with Crippen LogP contribution in [-0.2, 0) is 9.59 Å². The fraction of sp³-hybridized carbons (Fsp3) is 0.375. The Hall–Kier alpha value is -1.99. The minimum Gasteiger partial charge on any atom is -0.477 e. The molecule has 2 heterocycles. The summed E-state index contributed by atoms with van der Waals surface area (Å²) in [5, 5.41) is 19.7. The first-order chi connectivity index (χ1) is 10.7. The maximum Gasteiger partial charge on any atom is 0.353 e. The number of para-hydroxylation sites is 1. The van der Waals surface area contributed by atoms with E-state index in [-0.39, 0.29) is 17.6 Å². The van der Waals surface area contributed by atoms with Crippen molar-refractivity contribution >= 4 is 29.3 Å². The predicted molar refractivity (Wildman–Crippen MR) is 86.4 cm³/mol. The highest BCUT2D eigenvalue weighted by Gasteiger charge is 2.59. The van der Waals surface area contributed by atoms with Crippen LogP contribution in [0.2, 0.25) is 0 Å². The van der Waals surface area contributed by atoms with Gasteiger partial charge in [0.05, 0.1) is 17.6 Å². The van der Waals surface area contributed by atoms with Gasteiger partial charge in [0, 0.05) is 21.9 Å². The summed E-state index contributed by atoms with van der Waals surface area (Å²) in [5.74, 6) is -2.05. The second-order valence-corrected chi connectivity index (χ2v) is 7.46. The van der Waals surface area contributed by atoms with Crippen LogP contribution in [-0.4, -0.2) is 38.6 Å². The van der Waals surface area contributed by atoms with E-state index in [1.54, 1.807) is 19.9 Å². The number of β-lactam (4-membered cyclic amide) rings is 1. The summed E-state index contributed by atoms with van der Waals surface area (Å²) in [6.07, 6.45) is 0.418. The molecule has 2 aliphatic heterocycles. The normalized spacial score (nSPS) is 23.8. The topological polar surface area (TPSA) is 104 Å². The molecule has 1 saturated heterocycles. The number of nitrogens with zero attached hydrogens (tertiary/aromatic N) is 1. The lowest BCUT2D eigenvalue weighted by atomic mass is 9.76. The molecule has 0 spiro atoms. The summed E-state index contributed by atoms with van der Waals surface area (Å²) in [7, 11) is 0. The quantitative estimate of drug-likeness (QED) is 0.571. The van der Waals surface area contributed by atoms with Crippen molar-refractivity contribution in [3.05, 3.63) is 34.9 Å². The third kappa shape index (κ3) is 2.49. The van der Waals surface area contributed by atoms with E-state index in [2.05, 4.69) is 0 Å². The Morgan fingerprint density at radius 1 is 1.39 bits per heavy atom. The molecule has 0 radical (unpaired) electrons. The molecule has 0 bridgehead atoms. The van der Waals surface area contributed by atoms with Gasteiger partial charge in [-0.15, -0.1) is 0 Å². The molecule has 0 aromatic heterocycles. The average Bonchev–Trinajstić information content (AvgIpc) is 2.74. The number of anilines is 1. The number of fused-ring (bicyclic) bond motifs is 1. The standard InChI is InChI=1S/C16H18N2O4S/c1-16(2,22)12-9-7-11(13(15(20)21)18(9)14(12)19)23-10-6-4-3-5-8(10)17/h3-6,9,12,22H,7,17H2,1-2H3,(H,20,21)/t9-,12+/m1/s1. The van der Waals surface area contributed by atoms with Crippen LogP contribution in [0.1, 0.15) is 20.3 Å². The molecular weight excluding hydrogens is 316 g/mol. The van der Waals surface area contributed by atoms with Crippen molar-refractivity contribution < 1.29 is 19.8 Å². The molecule has 122 valence electrons. The number of benzene rings is 1. The number of carboxylic acid groups (broad SMARTS) is 1. The van der Waals surface area contributed by atoms with Crippen molar-refractivity contribution in [2.75, 3.05) is 5.73 Å². The van der Waals surface area contributed by atoms with Gasteiger partial charge in [0.1, 0.15) is 5.70 Å². The summed E-state index contributed by atoms with van der Waals surface area (Å²) in [6, 6.07) is 6.89. The lowest BCUT2D eigenvalue weighted by Crippen LogP contribution is -2.65. The molecule has 0 aliphatic carbocycles. The number of thioether (sulfide) groups is 1. The van der Waals surface area contributed by atoms with E-state index in [1.165, 1.54) is 16.7 Å². The third-order valence-electron chi connectivity index (χ3n) is 4.24. The summed E-state index contributed by atoms with van der Waals surface area (Å²) >= 11 is 1.27. The highest BCUT2D eigenvalue weighted by molar-refractivity contribution is 8.03. The molecule has 3 rings (SSSR count). The zero-order valence-electron chi connectivity index (χ0n) is 12.8. The first-order valence-electron chi connectivity index (χ1n) is 7.26. The van der Waals surface area contributed by atoms with Crippen molar-refractivity contribution in [3.63, 3.8) is 0 Å². The molecule has 7 heteroatoms. The van der Waals surface area contributed by atoms with E-state index < -0.39 is 17.5 Å². The minimum atomic E-state index is -1.17. The lowest BCUT2D eigenvalue weighted by molar-refractivity contribution is -0.169. The molecule has 0 unspecified atom stereocenters. The molecule has 4 N–H and O–H groups in total. The molecule has 1 aromatic rings. The third-order valence-corrected chi connectivity index (χ3v) is 5.43. The number of carbonyl (C=O) groups excluding carboxylic acids is 1. The molecule has 23 heavy (non-hydrogen) atoms. The van der Waals surface area contributed by atoms with Gasteiger partial charge in [-0.2, -0.15) is 0 Å². The van der Waals surface area contributed by atoms with Crippen LogP contribution < -0.4 is 5.73 Å². The molecule has 2 aliphatic rings. The minimum absolute atomic E-state index is 0.00810. The SMILES string of the molecule is CC(C)(O)[C@@H]1C(=O)N2C(C(=O)O)=C(Sc3ccccc3N)C[C@H]12. The van der Waals surface area contributed by atoms with Crippen molar-refractivity contribution in [3.8, 4) is 0 Å². The highest BCUT2D eigenvalue weighted by atomic mass is 32.2. The Morgan fingerprint density at radius 2 is 2.04 bits per heavy atom. The number of nitrogen functional groups attached to an aromatic ring is 1. The number of carbonyl (C=O) groups is 2. The maximum absolute atomic E-state index is 12.3. The van der Waals surface area contributed by atoms with Crippen molar-refractivity contribution in [2.24, 2.45) is 5.92 Å². The van der Waals surface area contributed by atoms with E-state index in [9.17, 15) is 19.8 Å². The van der Waals surface area contributed by atoms with Gasteiger partial charge in [0.2, 0.25) is 5.91 Å². The van der Waals surface area contributed by atoms with Gasteiger partial charge in [-0.1, -0.05) is 23.9 Å². The number of carboxylic acids is 1. The molecular formula is C16H18N2O4S. The molecule has 1 fully saturated rings. The van der Waals surface area contributed by atoms with Crippen molar-refractivity contribution in [1.29, 1.82) is 0 Å². The Balaban J connectivity index is 1.93. The molecule has 6 nitrogen and oxygen atoms in total. The number of amides is 1. The summed E-state index contributed by atoms with van der Waals surface area (Å²) in [5.41, 5.74) is 5.32. The van der Waals surface area contributed by atoms with Crippen LogP contribution >= 0.6 is 11.8 Å². The zero-order chi connectivity index (χ0) is 16.9. The van der Waals surface area contributed by atoms with Crippen LogP contribution in [0.15, 0.2) is 39.8 Å². The van der Waals surface area contributed by atoms with Gasteiger partial charge in [-0.3, -0.25) is 4.79 Å². The second-order valence-electron chi connectivity index (χ2n) is 6.33. The maximum atomic E-state index is 12.3. The number of rotatable bonds is 4. The summed E-state index contributed by atoms with van der Waals surface area (Å²) in [4.78, 5) is 26.6. The highest BCUT2D eigenvalue weighted by Crippen LogP contribution is 2.50. The molecule has 0 saturated carbocycles. The van der Waals surface area contributed by atoms with E-state index in [0.29, 0.717) is 17.0 Å². The van der Waals surface area contributed by atoms with Gasteiger partial charge in [0.15, 0.2) is 0 Å². The van der Waals surface area contributed by atoms with E-state index >= 15 is 0 Å². The first kappa shape index (κ1) is 15.9. The lowest BCUT2D eigenvalue weighted by Gasteiger charge is -2.48. The average molecular weight is 334 g/mol. The van der Waals surface area contributed by atoms with E-state index in [4.69, 9.17) is 5.73 Å². The van der Waals surface area contributed by atoms with Gasteiger partial charge in [0.25, 0.3) is 0 Å². The predicted octanol–water partition coefficient (Wildman–Crippen LogP) is 1.66.